The van der Waals surface area contributed by atoms with Crippen LogP contribution in [0.5, 0.6) is 0 Å². The van der Waals surface area contributed by atoms with Gasteiger partial charge < -0.3 is 5.41 Å². The molecule has 14 heavy (non-hydrogen) atoms. The van der Waals surface area contributed by atoms with Crippen LogP contribution in [0.2, 0.25) is 0 Å². The van der Waals surface area contributed by atoms with Crippen LogP contribution in [0.4, 0.5) is 0 Å². The van der Waals surface area contributed by atoms with Crippen LogP contribution in [-0.2, 0) is 0 Å². The third-order valence-corrected chi connectivity index (χ3v) is 3.25. The van der Waals surface area contributed by atoms with Gasteiger partial charge in [-0.1, -0.05) is 39.0 Å². The standard InChI is InChI=1S/C13H24N/c1-2-3-6-11-13(14)12-9-7-4-5-8-10-12/h3,12,14H,2,4-11H2,1H3. The first-order valence-corrected chi connectivity index (χ1v) is 6.23. The quantitative estimate of drug-likeness (QED) is 0.382. The summed E-state index contributed by atoms with van der Waals surface area (Å²) in [6.45, 7) is 2.18. The minimum absolute atomic E-state index is 0.628. The summed E-state index contributed by atoms with van der Waals surface area (Å²) in [4.78, 5) is 0. The van der Waals surface area contributed by atoms with Crippen molar-refractivity contribution < 1.29 is 0 Å². The van der Waals surface area contributed by atoms with Gasteiger partial charge in [-0.3, -0.25) is 0 Å². The van der Waals surface area contributed by atoms with Crippen LogP contribution in [-0.4, -0.2) is 5.71 Å². The molecule has 0 unspecified atom stereocenters. The van der Waals surface area contributed by atoms with Crippen molar-refractivity contribution in [1.82, 2.24) is 0 Å². The van der Waals surface area contributed by atoms with Gasteiger partial charge >= 0.3 is 0 Å². The third kappa shape index (κ3) is 4.26. The Labute approximate surface area is 88.8 Å². The summed E-state index contributed by atoms with van der Waals surface area (Å²) < 4.78 is 0. The van der Waals surface area contributed by atoms with Gasteiger partial charge in [-0.05, 0) is 38.0 Å². The molecule has 0 aromatic rings. The molecule has 1 radical (unpaired) electrons. The van der Waals surface area contributed by atoms with E-state index in [0.29, 0.717) is 5.92 Å². The topological polar surface area (TPSA) is 23.9 Å². The molecule has 1 saturated carbocycles. The van der Waals surface area contributed by atoms with Gasteiger partial charge in [0.25, 0.3) is 0 Å². The zero-order valence-electron chi connectivity index (χ0n) is 9.52. The Morgan fingerprint density at radius 1 is 1.21 bits per heavy atom. The summed E-state index contributed by atoms with van der Waals surface area (Å²) in [5, 5.41) is 8.04. The van der Waals surface area contributed by atoms with Crippen LogP contribution in [0, 0.1) is 17.7 Å². The van der Waals surface area contributed by atoms with Crippen molar-refractivity contribution in [3.05, 3.63) is 6.42 Å². The molecule has 1 heteroatoms. The Morgan fingerprint density at radius 2 is 1.86 bits per heavy atom. The molecule has 0 aliphatic heterocycles. The average Bonchev–Trinajstić information content (AvgIpc) is 2.46. The molecule has 0 atom stereocenters. The molecule has 1 aliphatic carbocycles. The maximum absolute atomic E-state index is 8.04. The van der Waals surface area contributed by atoms with Gasteiger partial charge in [-0.15, -0.1) is 0 Å². The van der Waals surface area contributed by atoms with Crippen molar-refractivity contribution in [3.63, 3.8) is 0 Å². The molecular formula is C13H24N. The number of nitrogens with one attached hydrogen (secondary N) is 1. The number of hydrogen-bond acceptors (Lipinski definition) is 1. The normalized spacial score (nSPS) is 19.2. The second-order valence-electron chi connectivity index (χ2n) is 4.45. The van der Waals surface area contributed by atoms with E-state index in [1.807, 2.05) is 0 Å². The molecule has 0 aromatic heterocycles. The van der Waals surface area contributed by atoms with Crippen molar-refractivity contribution in [2.75, 3.05) is 0 Å². The molecular weight excluding hydrogens is 170 g/mol. The van der Waals surface area contributed by atoms with E-state index >= 15 is 0 Å². The lowest BCUT2D eigenvalue weighted by Crippen LogP contribution is -2.12. The highest BCUT2D eigenvalue weighted by Gasteiger charge is 2.16. The molecule has 0 amide bonds. The lowest BCUT2D eigenvalue weighted by Gasteiger charge is -2.15. The van der Waals surface area contributed by atoms with E-state index in [1.165, 1.54) is 38.5 Å². The Bertz CT molecular complexity index is 155. The lowest BCUT2D eigenvalue weighted by molar-refractivity contribution is 0.577. The Morgan fingerprint density at radius 3 is 2.43 bits per heavy atom. The van der Waals surface area contributed by atoms with Crippen LogP contribution in [0.15, 0.2) is 0 Å². The minimum atomic E-state index is 0.628. The van der Waals surface area contributed by atoms with Gasteiger partial charge in [0, 0.05) is 5.71 Å². The molecule has 81 valence electrons. The first-order valence-electron chi connectivity index (χ1n) is 6.23. The van der Waals surface area contributed by atoms with Crippen molar-refractivity contribution >= 4 is 5.71 Å². The first kappa shape index (κ1) is 11.7. The third-order valence-electron chi connectivity index (χ3n) is 3.25. The molecule has 1 aliphatic rings. The SMILES string of the molecule is CC[CH]CCC(=N)C1CCCCCC1. The Hall–Kier alpha value is -0.330. The number of rotatable bonds is 5. The van der Waals surface area contributed by atoms with Crippen LogP contribution >= 0.6 is 0 Å². The minimum Gasteiger partial charge on any atom is -0.309 e. The predicted octanol–water partition coefficient (Wildman–Crippen LogP) is 4.37. The second kappa shape index (κ2) is 7.03. The molecule has 0 spiro atoms. The predicted molar refractivity (Wildman–Crippen MR) is 62.7 cm³/mol. The zero-order valence-corrected chi connectivity index (χ0v) is 9.52. The van der Waals surface area contributed by atoms with E-state index in [1.54, 1.807) is 0 Å². The maximum Gasteiger partial charge on any atom is 0.0120 e. The highest BCUT2D eigenvalue weighted by atomic mass is 14.4. The van der Waals surface area contributed by atoms with Crippen molar-refractivity contribution in [2.24, 2.45) is 5.92 Å². The fourth-order valence-corrected chi connectivity index (χ4v) is 2.29. The van der Waals surface area contributed by atoms with Crippen LogP contribution in [0.1, 0.15) is 64.7 Å². The van der Waals surface area contributed by atoms with E-state index in [0.717, 1.165) is 25.0 Å². The van der Waals surface area contributed by atoms with E-state index in [-0.39, 0.29) is 0 Å². The van der Waals surface area contributed by atoms with Gasteiger partial charge in [0.1, 0.15) is 0 Å². The second-order valence-corrected chi connectivity index (χ2v) is 4.45. The highest BCUT2D eigenvalue weighted by molar-refractivity contribution is 5.83. The lowest BCUT2D eigenvalue weighted by atomic mass is 9.91. The largest absolute Gasteiger partial charge is 0.309 e. The monoisotopic (exact) mass is 194 g/mol. The Balaban J connectivity index is 2.20. The molecule has 0 heterocycles. The van der Waals surface area contributed by atoms with Gasteiger partial charge in [0.2, 0.25) is 0 Å². The number of hydrogen-bond donors (Lipinski definition) is 1. The summed E-state index contributed by atoms with van der Waals surface area (Å²) >= 11 is 0. The van der Waals surface area contributed by atoms with Gasteiger partial charge in [-0.25, -0.2) is 0 Å². The molecule has 0 bridgehead atoms. The summed E-state index contributed by atoms with van der Waals surface area (Å²) in [5.41, 5.74) is 1.02. The van der Waals surface area contributed by atoms with Gasteiger partial charge in [-0.2, -0.15) is 0 Å². The molecule has 1 fully saturated rings. The van der Waals surface area contributed by atoms with Crippen molar-refractivity contribution in [1.29, 1.82) is 5.41 Å². The summed E-state index contributed by atoms with van der Waals surface area (Å²) in [6, 6.07) is 0. The van der Waals surface area contributed by atoms with Crippen LogP contribution < -0.4 is 0 Å². The van der Waals surface area contributed by atoms with Gasteiger partial charge in [0.15, 0.2) is 0 Å². The molecule has 1 rings (SSSR count). The van der Waals surface area contributed by atoms with Gasteiger partial charge in [0.05, 0.1) is 0 Å². The molecule has 1 N–H and O–H groups in total. The fraction of sp³-hybridized carbons (Fsp3) is 0.846. The zero-order chi connectivity index (χ0) is 10.2. The average molecular weight is 194 g/mol. The smallest absolute Gasteiger partial charge is 0.0120 e. The van der Waals surface area contributed by atoms with Crippen molar-refractivity contribution in [2.45, 2.75) is 64.7 Å². The fourth-order valence-electron chi connectivity index (χ4n) is 2.29. The summed E-state index contributed by atoms with van der Waals surface area (Å²) in [5.74, 6) is 0.628. The maximum atomic E-state index is 8.04. The highest BCUT2D eigenvalue weighted by Crippen LogP contribution is 2.25. The van der Waals surface area contributed by atoms with Crippen LogP contribution in [0.25, 0.3) is 0 Å². The van der Waals surface area contributed by atoms with E-state index in [4.69, 9.17) is 5.41 Å². The van der Waals surface area contributed by atoms with E-state index in [2.05, 4.69) is 13.3 Å². The molecule has 1 nitrogen and oxygen atoms in total. The summed E-state index contributed by atoms with van der Waals surface area (Å²) in [7, 11) is 0. The van der Waals surface area contributed by atoms with Crippen molar-refractivity contribution in [3.8, 4) is 0 Å². The molecule has 0 aromatic carbocycles. The van der Waals surface area contributed by atoms with E-state index in [9.17, 15) is 0 Å². The summed E-state index contributed by atoms with van der Waals surface area (Å²) in [6.07, 6.45) is 13.6. The molecule has 0 saturated heterocycles. The van der Waals surface area contributed by atoms with E-state index < -0.39 is 0 Å². The Kier molecular flexibility index (Phi) is 5.89. The first-order chi connectivity index (χ1) is 6.84. The van der Waals surface area contributed by atoms with Crippen LogP contribution in [0.3, 0.4) is 0 Å². The number of unbranched alkanes of at least 4 members (excludes halogenated alkanes) is 2.